The molecule has 0 aliphatic carbocycles. The number of aromatic amines is 1. The Hall–Kier alpha value is -2.34. The second-order valence-corrected chi connectivity index (χ2v) is 6.12. The first-order valence-electron chi connectivity index (χ1n) is 7.61. The Kier molecular flexibility index (Phi) is 2.99. The maximum absolute atomic E-state index is 10.2. The molecule has 3 heterocycles. The van der Waals surface area contributed by atoms with Crippen molar-refractivity contribution in [3.8, 4) is 23.3 Å². The van der Waals surface area contributed by atoms with Gasteiger partial charge < -0.3 is 24.4 Å². The zero-order chi connectivity index (χ0) is 16.2. The maximum Gasteiger partial charge on any atom is 0.197 e. The van der Waals surface area contributed by atoms with Crippen molar-refractivity contribution in [3.63, 3.8) is 0 Å². The van der Waals surface area contributed by atoms with Gasteiger partial charge in [-0.05, 0) is 30.5 Å². The number of fused-ring (bicyclic) bond motifs is 5. The largest absolute Gasteiger partial charge is 0.494 e. The minimum Gasteiger partial charge on any atom is -0.494 e. The van der Waals surface area contributed by atoms with E-state index in [1.54, 1.807) is 14.2 Å². The first-order valence-corrected chi connectivity index (χ1v) is 7.61. The number of H-pyrrole nitrogens is 1. The SMILES string of the molecule is COc1ccc(CC23CCC(O2)c2c(O)[nH]c(O)c23)cc1OC. The molecule has 2 bridgehead atoms. The summed E-state index contributed by atoms with van der Waals surface area (Å²) in [7, 11) is 3.20. The lowest BCUT2D eigenvalue weighted by Crippen LogP contribution is -2.25. The number of ether oxygens (including phenoxy) is 3. The first kappa shape index (κ1) is 14.3. The average Bonchev–Trinajstić information content (AvgIpc) is 3.18. The number of hydrogen-bond acceptors (Lipinski definition) is 5. The van der Waals surface area contributed by atoms with Crippen LogP contribution in [0.1, 0.15) is 35.6 Å². The Morgan fingerprint density at radius 2 is 2.00 bits per heavy atom. The summed E-state index contributed by atoms with van der Waals surface area (Å²) in [5, 5.41) is 20.1. The van der Waals surface area contributed by atoms with Crippen LogP contribution in [-0.4, -0.2) is 29.4 Å². The fourth-order valence-corrected chi connectivity index (χ4v) is 3.94. The number of aromatic hydroxyl groups is 2. The van der Waals surface area contributed by atoms with Crippen LogP contribution in [0.2, 0.25) is 0 Å². The smallest absolute Gasteiger partial charge is 0.197 e. The van der Waals surface area contributed by atoms with E-state index in [1.807, 2.05) is 18.2 Å². The van der Waals surface area contributed by atoms with Crippen LogP contribution in [0.5, 0.6) is 23.3 Å². The Balaban J connectivity index is 1.73. The van der Waals surface area contributed by atoms with Crippen LogP contribution in [0, 0.1) is 0 Å². The lowest BCUT2D eigenvalue weighted by atomic mass is 9.80. The van der Waals surface area contributed by atoms with Gasteiger partial charge in [0.2, 0.25) is 0 Å². The Morgan fingerprint density at radius 3 is 2.74 bits per heavy atom. The van der Waals surface area contributed by atoms with Crippen LogP contribution in [0.25, 0.3) is 0 Å². The minimum atomic E-state index is -0.596. The summed E-state index contributed by atoms with van der Waals surface area (Å²) < 4.78 is 16.8. The molecule has 2 aromatic rings. The second-order valence-electron chi connectivity index (χ2n) is 6.12. The maximum atomic E-state index is 10.2. The number of rotatable bonds is 4. The quantitative estimate of drug-likeness (QED) is 0.807. The number of benzene rings is 1. The number of nitrogens with one attached hydrogen (secondary N) is 1. The third-order valence-corrected chi connectivity index (χ3v) is 4.89. The van der Waals surface area contributed by atoms with E-state index in [-0.39, 0.29) is 17.9 Å². The van der Waals surface area contributed by atoms with Crippen molar-refractivity contribution in [2.24, 2.45) is 0 Å². The fraction of sp³-hybridized carbons (Fsp3) is 0.412. The number of hydrogen-bond donors (Lipinski definition) is 3. The second kappa shape index (κ2) is 4.83. The predicted molar refractivity (Wildman–Crippen MR) is 82.1 cm³/mol. The van der Waals surface area contributed by atoms with E-state index in [2.05, 4.69) is 4.98 Å². The predicted octanol–water partition coefficient (Wildman–Crippen LogP) is 2.75. The van der Waals surface area contributed by atoms with Crippen molar-refractivity contribution in [2.45, 2.75) is 31.0 Å². The van der Waals surface area contributed by atoms with Crippen molar-refractivity contribution in [1.82, 2.24) is 4.98 Å². The summed E-state index contributed by atoms with van der Waals surface area (Å²) in [6.07, 6.45) is 2.10. The van der Waals surface area contributed by atoms with E-state index in [0.717, 1.165) is 18.4 Å². The van der Waals surface area contributed by atoms with Gasteiger partial charge in [0.05, 0.1) is 31.5 Å². The Labute approximate surface area is 133 Å². The van der Waals surface area contributed by atoms with Crippen LogP contribution in [0.15, 0.2) is 18.2 Å². The molecule has 3 N–H and O–H groups in total. The molecule has 6 nitrogen and oxygen atoms in total. The fourth-order valence-electron chi connectivity index (χ4n) is 3.94. The van der Waals surface area contributed by atoms with Gasteiger partial charge in [0.1, 0.15) is 5.60 Å². The third-order valence-electron chi connectivity index (χ3n) is 4.89. The highest BCUT2D eigenvalue weighted by atomic mass is 16.5. The molecule has 2 aliphatic rings. The highest BCUT2D eigenvalue weighted by Crippen LogP contribution is 2.61. The van der Waals surface area contributed by atoms with Gasteiger partial charge in [0.25, 0.3) is 0 Å². The molecule has 1 fully saturated rings. The molecule has 4 rings (SSSR count). The van der Waals surface area contributed by atoms with Gasteiger partial charge in [-0.2, -0.15) is 0 Å². The first-order chi connectivity index (χ1) is 11.1. The summed E-state index contributed by atoms with van der Waals surface area (Å²) in [5.74, 6) is 1.35. The number of aromatic nitrogens is 1. The summed E-state index contributed by atoms with van der Waals surface area (Å²) in [6, 6.07) is 5.75. The zero-order valence-corrected chi connectivity index (χ0v) is 13.0. The van der Waals surface area contributed by atoms with Crippen LogP contribution >= 0.6 is 0 Å². The molecule has 0 saturated carbocycles. The van der Waals surface area contributed by atoms with Crippen LogP contribution in [0.3, 0.4) is 0 Å². The van der Waals surface area contributed by atoms with Crippen molar-refractivity contribution in [2.75, 3.05) is 14.2 Å². The molecule has 0 amide bonds. The van der Waals surface area contributed by atoms with E-state index in [9.17, 15) is 10.2 Å². The van der Waals surface area contributed by atoms with E-state index in [4.69, 9.17) is 14.2 Å². The average molecular weight is 317 g/mol. The Bertz CT molecular complexity index is 769. The molecule has 2 aliphatic heterocycles. The van der Waals surface area contributed by atoms with Crippen molar-refractivity contribution < 1.29 is 24.4 Å². The molecule has 2 atom stereocenters. The van der Waals surface area contributed by atoms with Gasteiger partial charge in [-0.25, -0.2) is 0 Å². The molecule has 1 aromatic heterocycles. The minimum absolute atomic E-state index is 0.000164. The molecule has 0 radical (unpaired) electrons. The van der Waals surface area contributed by atoms with Crippen molar-refractivity contribution >= 4 is 0 Å². The third kappa shape index (κ3) is 1.91. The molecule has 1 aromatic carbocycles. The van der Waals surface area contributed by atoms with Gasteiger partial charge in [0, 0.05) is 6.42 Å². The molecular weight excluding hydrogens is 298 g/mol. The normalized spacial score (nSPS) is 24.7. The summed E-state index contributed by atoms with van der Waals surface area (Å²) in [5.41, 5.74) is 1.83. The van der Waals surface area contributed by atoms with E-state index >= 15 is 0 Å². The topological polar surface area (TPSA) is 83.9 Å². The highest BCUT2D eigenvalue weighted by Gasteiger charge is 2.54. The molecule has 2 unspecified atom stereocenters. The van der Waals surface area contributed by atoms with E-state index in [1.165, 1.54) is 0 Å². The van der Waals surface area contributed by atoms with Crippen LogP contribution < -0.4 is 9.47 Å². The van der Waals surface area contributed by atoms with E-state index < -0.39 is 5.60 Å². The van der Waals surface area contributed by atoms with Gasteiger partial charge in [0.15, 0.2) is 23.3 Å². The molecule has 122 valence electrons. The lowest BCUT2D eigenvalue weighted by molar-refractivity contribution is -0.0232. The molecule has 1 saturated heterocycles. The summed E-state index contributed by atoms with van der Waals surface area (Å²) >= 11 is 0. The van der Waals surface area contributed by atoms with Crippen LogP contribution in [-0.2, 0) is 16.8 Å². The molecule has 0 spiro atoms. The van der Waals surface area contributed by atoms with Gasteiger partial charge in [-0.15, -0.1) is 0 Å². The van der Waals surface area contributed by atoms with Gasteiger partial charge >= 0.3 is 0 Å². The van der Waals surface area contributed by atoms with Crippen LogP contribution in [0.4, 0.5) is 0 Å². The van der Waals surface area contributed by atoms with Gasteiger partial charge in [-0.1, -0.05) is 6.07 Å². The molecule has 23 heavy (non-hydrogen) atoms. The van der Waals surface area contributed by atoms with Crippen molar-refractivity contribution in [3.05, 3.63) is 34.9 Å². The molecular formula is C17H19NO5. The summed E-state index contributed by atoms with van der Waals surface area (Å²) in [4.78, 5) is 2.62. The lowest BCUT2D eigenvalue weighted by Gasteiger charge is -2.26. The summed E-state index contributed by atoms with van der Waals surface area (Å²) in [6.45, 7) is 0. The van der Waals surface area contributed by atoms with Crippen molar-refractivity contribution in [1.29, 1.82) is 0 Å². The van der Waals surface area contributed by atoms with Gasteiger partial charge in [-0.3, -0.25) is 4.98 Å². The Morgan fingerprint density at radius 1 is 1.22 bits per heavy atom. The monoisotopic (exact) mass is 317 g/mol. The van der Waals surface area contributed by atoms with E-state index in [0.29, 0.717) is 29.0 Å². The zero-order valence-electron chi connectivity index (χ0n) is 13.0. The highest BCUT2D eigenvalue weighted by molar-refractivity contribution is 5.54. The standard InChI is InChI=1S/C17H19NO5/c1-21-10-4-3-9(7-12(10)22-2)8-17-6-5-11(23-17)13-14(17)16(20)18-15(13)19/h3-4,7,11,18-20H,5-6,8H2,1-2H3. The number of methoxy groups -OCH3 is 2. The molecule has 6 heteroatoms.